The van der Waals surface area contributed by atoms with Gasteiger partial charge in [0.1, 0.15) is 0 Å². The van der Waals surface area contributed by atoms with Crippen molar-refractivity contribution in [1.29, 1.82) is 0 Å². The van der Waals surface area contributed by atoms with Crippen LogP contribution in [-0.2, 0) is 4.74 Å². The van der Waals surface area contributed by atoms with Crippen molar-refractivity contribution in [2.75, 3.05) is 33.5 Å². The van der Waals surface area contributed by atoms with Gasteiger partial charge >= 0.3 is 0 Å². The predicted molar refractivity (Wildman–Crippen MR) is 63.5 cm³/mol. The van der Waals surface area contributed by atoms with Gasteiger partial charge in [-0.25, -0.2) is 4.98 Å². The van der Waals surface area contributed by atoms with E-state index in [0.717, 1.165) is 0 Å². The summed E-state index contributed by atoms with van der Waals surface area (Å²) in [4.78, 5) is 17.9. The largest absolute Gasteiger partial charge is 0.481 e. The van der Waals surface area contributed by atoms with Gasteiger partial charge in [-0.15, -0.1) is 0 Å². The number of morpholine rings is 1. The zero-order valence-corrected chi connectivity index (χ0v) is 10.2. The third kappa shape index (κ3) is 2.60. The Labute approximate surface area is 105 Å². The molecule has 1 amide bonds. The van der Waals surface area contributed by atoms with Crippen molar-refractivity contribution in [3.05, 3.63) is 23.9 Å². The van der Waals surface area contributed by atoms with E-state index in [4.69, 9.17) is 9.47 Å². The Bertz CT molecular complexity index is 407. The maximum atomic E-state index is 12.2. The van der Waals surface area contributed by atoms with E-state index in [1.54, 1.807) is 17.0 Å². The second-order valence-electron chi connectivity index (χ2n) is 4.00. The number of nitrogens with zero attached hydrogens (tertiary/aromatic N) is 2. The molecule has 1 aromatic rings. The van der Waals surface area contributed by atoms with Crippen molar-refractivity contribution >= 4 is 5.91 Å². The molecule has 1 unspecified atom stereocenters. The summed E-state index contributed by atoms with van der Waals surface area (Å²) in [5, 5.41) is 9.23. The third-order valence-electron chi connectivity index (χ3n) is 2.89. The van der Waals surface area contributed by atoms with Gasteiger partial charge in [0.25, 0.3) is 5.91 Å². The molecule has 1 N–H and O–H groups in total. The Balaban J connectivity index is 2.13. The number of methoxy groups -OCH3 is 1. The smallest absolute Gasteiger partial charge is 0.255 e. The molecule has 0 saturated carbocycles. The van der Waals surface area contributed by atoms with E-state index in [1.165, 1.54) is 13.3 Å². The number of aliphatic hydroxyl groups excluding tert-OH is 1. The number of carbonyl (C=O) groups excluding carboxylic acids is 1. The number of pyridine rings is 1. The van der Waals surface area contributed by atoms with Crippen molar-refractivity contribution in [2.45, 2.75) is 6.04 Å². The van der Waals surface area contributed by atoms with Crippen LogP contribution in [0.1, 0.15) is 10.4 Å². The predicted octanol–water partition coefficient (Wildman–Crippen LogP) is -0.0765. The number of aliphatic hydroxyl groups is 1. The topological polar surface area (TPSA) is 71.9 Å². The highest BCUT2D eigenvalue weighted by atomic mass is 16.5. The summed E-state index contributed by atoms with van der Waals surface area (Å²) in [7, 11) is 1.52. The Morgan fingerprint density at radius 1 is 1.67 bits per heavy atom. The van der Waals surface area contributed by atoms with Gasteiger partial charge in [-0.1, -0.05) is 0 Å². The summed E-state index contributed by atoms with van der Waals surface area (Å²) < 4.78 is 10.2. The minimum Gasteiger partial charge on any atom is -0.481 e. The number of aromatic nitrogens is 1. The highest BCUT2D eigenvalue weighted by Gasteiger charge is 2.27. The molecule has 0 aromatic carbocycles. The second kappa shape index (κ2) is 5.79. The van der Waals surface area contributed by atoms with Gasteiger partial charge < -0.3 is 19.5 Å². The molecule has 1 saturated heterocycles. The van der Waals surface area contributed by atoms with Gasteiger partial charge in [0.15, 0.2) is 0 Å². The molecule has 6 nitrogen and oxygen atoms in total. The minimum absolute atomic E-state index is 0.102. The van der Waals surface area contributed by atoms with Gasteiger partial charge in [0.05, 0.1) is 38.5 Å². The lowest BCUT2D eigenvalue weighted by atomic mass is 10.2. The molecule has 0 bridgehead atoms. The minimum atomic E-state index is -0.284. The van der Waals surface area contributed by atoms with E-state index in [-0.39, 0.29) is 18.6 Å². The van der Waals surface area contributed by atoms with Crippen LogP contribution in [0.5, 0.6) is 5.88 Å². The molecule has 2 heterocycles. The van der Waals surface area contributed by atoms with E-state index >= 15 is 0 Å². The van der Waals surface area contributed by atoms with Crippen LogP contribution >= 0.6 is 0 Å². The van der Waals surface area contributed by atoms with Crippen LogP contribution in [0, 0.1) is 0 Å². The van der Waals surface area contributed by atoms with Crippen molar-refractivity contribution in [3.8, 4) is 5.88 Å². The average Bonchev–Trinajstić information content (AvgIpc) is 2.46. The van der Waals surface area contributed by atoms with Crippen LogP contribution in [0.4, 0.5) is 0 Å². The second-order valence-corrected chi connectivity index (χ2v) is 4.00. The van der Waals surface area contributed by atoms with Crippen LogP contribution in [0.3, 0.4) is 0 Å². The van der Waals surface area contributed by atoms with E-state index in [2.05, 4.69) is 4.98 Å². The zero-order chi connectivity index (χ0) is 13.0. The van der Waals surface area contributed by atoms with E-state index in [9.17, 15) is 9.90 Å². The number of amides is 1. The Kier molecular flexibility index (Phi) is 4.11. The monoisotopic (exact) mass is 252 g/mol. The number of carbonyl (C=O) groups is 1. The quantitative estimate of drug-likeness (QED) is 0.815. The molecule has 1 atom stereocenters. The molecule has 1 aromatic heterocycles. The van der Waals surface area contributed by atoms with Crippen LogP contribution in [-0.4, -0.2) is 60.4 Å². The SMILES string of the molecule is COc1ccc(C(=O)N2CCOCC2CO)cn1. The summed E-state index contributed by atoms with van der Waals surface area (Å²) >= 11 is 0. The number of hydrogen-bond donors (Lipinski definition) is 1. The zero-order valence-electron chi connectivity index (χ0n) is 10.2. The van der Waals surface area contributed by atoms with E-state index < -0.39 is 0 Å². The standard InChI is InChI=1S/C12H16N2O4/c1-17-11-3-2-9(6-13-11)12(16)14-4-5-18-8-10(14)7-15/h2-3,6,10,15H,4-5,7-8H2,1H3. The lowest BCUT2D eigenvalue weighted by Gasteiger charge is -2.34. The highest BCUT2D eigenvalue weighted by Crippen LogP contribution is 2.13. The third-order valence-corrected chi connectivity index (χ3v) is 2.89. The van der Waals surface area contributed by atoms with E-state index in [0.29, 0.717) is 31.2 Å². The first-order valence-electron chi connectivity index (χ1n) is 5.76. The van der Waals surface area contributed by atoms with Gasteiger partial charge in [0, 0.05) is 18.8 Å². The molecule has 1 fully saturated rings. The fourth-order valence-corrected chi connectivity index (χ4v) is 1.87. The van der Waals surface area contributed by atoms with Crippen molar-refractivity contribution in [2.24, 2.45) is 0 Å². The molecule has 1 aliphatic heterocycles. The first kappa shape index (κ1) is 12.8. The molecule has 18 heavy (non-hydrogen) atoms. The van der Waals surface area contributed by atoms with Crippen LogP contribution in [0.15, 0.2) is 18.3 Å². The lowest BCUT2D eigenvalue weighted by molar-refractivity contribution is -0.0184. The summed E-state index contributed by atoms with van der Waals surface area (Å²) in [6.07, 6.45) is 1.48. The fraction of sp³-hybridized carbons (Fsp3) is 0.500. The Hall–Kier alpha value is -1.66. The van der Waals surface area contributed by atoms with Crippen LogP contribution in [0.2, 0.25) is 0 Å². The van der Waals surface area contributed by atoms with Crippen molar-refractivity contribution < 1.29 is 19.4 Å². The number of rotatable bonds is 3. The van der Waals surface area contributed by atoms with Gasteiger partial charge in [-0.2, -0.15) is 0 Å². The van der Waals surface area contributed by atoms with Crippen molar-refractivity contribution in [3.63, 3.8) is 0 Å². The van der Waals surface area contributed by atoms with Crippen LogP contribution < -0.4 is 4.74 Å². The summed E-state index contributed by atoms with van der Waals surface area (Å²) in [5.41, 5.74) is 0.483. The van der Waals surface area contributed by atoms with Gasteiger partial charge in [-0.05, 0) is 6.07 Å². The lowest BCUT2D eigenvalue weighted by Crippen LogP contribution is -2.50. The normalized spacial score (nSPS) is 19.7. The summed E-state index contributed by atoms with van der Waals surface area (Å²) in [6, 6.07) is 3.02. The molecule has 1 aliphatic rings. The fourth-order valence-electron chi connectivity index (χ4n) is 1.87. The maximum Gasteiger partial charge on any atom is 0.255 e. The Morgan fingerprint density at radius 2 is 2.50 bits per heavy atom. The molecule has 2 rings (SSSR count). The summed E-state index contributed by atoms with van der Waals surface area (Å²) in [5.74, 6) is 0.319. The van der Waals surface area contributed by atoms with Gasteiger partial charge in [0.2, 0.25) is 5.88 Å². The van der Waals surface area contributed by atoms with Gasteiger partial charge in [-0.3, -0.25) is 4.79 Å². The molecule has 6 heteroatoms. The number of ether oxygens (including phenoxy) is 2. The molecule has 0 radical (unpaired) electrons. The average molecular weight is 252 g/mol. The summed E-state index contributed by atoms with van der Waals surface area (Å²) in [6.45, 7) is 1.24. The van der Waals surface area contributed by atoms with Crippen molar-refractivity contribution in [1.82, 2.24) is 9.88 Å². The molecule has 98 valence electrons. The first-order chi connectivity index (χ1) is 8.76. The molecular weight excluding hydrogens is 236 g/mol. The van der Waals surface area contributed by atoms with E-state index in [1.807, 2.05) is 0 Å². The molecule has 0 aliphatic carbocycles. The maximum absolute atomic E-state index is 12.2. The molecule has 0 spiro atoms. The highest BCUT2D eigenvalue weighted by molar-refractivity contribution is 5.94. The first-order valence-corrected chi connectivity index (χ1v) is 5.76. The van der Waals surface area contributed by atoms with Crippen LogP contribution in [0.25, 0.3) is 0 Å². The number of hydrogen-bond acceptors (Lipinski definition) is 5. The Morgan fingerprint density at radius 3 is 3.11 bits per heavy atom. The molecular formula is C12H16N2O4.